The second-order valence-electron chi connectivity index (χ2n) is 5.20. The molecule has 1 aromatic carbocycles. The van der Waals surface area contributed by atoms with Gasteiger partial charge in [0.2, 0.25) is 0 Å². The second kappa shape index (κ2) is 12.2. The molecule has 0 aromatic heterocycles. The largest absolute Gasteiger partial charge is 0.491 e. The number of ether oxygens (including phenoxy) is 2. The molecule has 1 aromatic rings. The number of hydrogen-bond donors (Lipinski definition) is 4. The molecule has 7 heteroatoms. The van der Waals surface area contributed by atoms with Gasteiger partial charge < -0.3 is 19.7 Å². The number of allylic oxidation sites excluding steroid dienone is 3. The topological polar surface area (TPSA) is 108 Å². The van der Waals surface area contributed by atoms with Gasteiger partial charge in [0, 0.05) is 13.2 Å². The van der Waals surface area contributed by atoms with E-state index in [9.17, 15) is 9.90 Å². The molecule has 0 bridgehead atoms. The summed E-state index contributed by atoms with van der Waals surface area (Å²) in [5, 5.41) is 27.5. The van der Waals surface area contributed by atoms with Crippen molar-refractivity contribution in [3.05, 3.63) is 54.1 Å². The van der Waals surface area contributed by atoms with Crippen LogP contribution in [-0.2, 0) is 9.53 Å². The average molecular weight is 351 g/mol. The molecule has 0 unspecified atom stereocenters. The molecule has 25 heavy (non-hydrogen) atoms. The highest BCUT2D eigenvalue weighted by Gasteiger charge is 2.19. The molecule has 7 nitrogen and oxygen atoms in total. The van der Waals surface area contributed by atoms with Gasteiger partial charge in [-0.2, -0.15) is 0 Å². The number of rotatable bonds is 11. The molecule has 1 rings (SSSR count). The fourth-order valence-corrected chi connectivity index (χ4v) is 2.16. The Bertz CT molecular complexity index is 555. The summed E-state index contributed by atoms with van der Waals surface area (Å²) >= 11 is 0. The van der Waals surface area contributed by atoms with Gasteiger partial charge in [0.15, 0.2) is 0 Å². The molecule has 4 N–H and O–H groups in total. The zero-order valence-corrected chi connectivity index (χ0v) is 14.2. The van der Waals surface area contributed by atoms with Gasteiger partial charge >= 0.3 is 0 Å². The smallest absolute Gasteiger partial charge is 0.267 e. The van der Waals surface area contributed by atoms with Crippen LogP contribution in [0.2, 0.25) is 0 Å². The molecule has 0 aliphatic heterocycles. The molecule has 1 amide bonds. The van der Waals surface area contributed by atoms with E-state index in [1.807, 2.05) is 6.08 Å². The van der Waals surface area contributed by atoms with Crippen molar-refractivity contribution in [1.82, 2.24) is 5.48 Å². The zero-order chi connectivity index (χ0) is 18.5. The minimum atomic E-state index is -0.777. The van der Waals surface area contributed by atoms with E-state index in [0.717, 1.165) is 0 Å². The summed E-state index contributed by atoms with van der Waals surface area (Å²) < 4.78 is 10.6. The molecular formula is C18H25NO6. The Morgan fingerprint density at radius 3 is 2.60 bits per heavy atom. The van der Waals surface area contributed by atoms with E-state index in [-0.39, 0.29) is 19.3 Å². The van der Waals surface area contributed by atoms with Crippen LogP contribution in [0.1, 0.15) is 24.5 Å². The van der Waals surface area contributed by atoms with Crippen LogP contribution in [-0.4, -0.2) is 47.8 Å². The van der Waals surface area contributed by atoms with Gasteiger partial charge in [0.1, 0.15) is 18.5 Å². The lowest BCUT2D eigenvalue weighted by Crippen LogP contribution is -2.20. The summed E-state index contributed by atoms with van der Waals surface area (Å²) in [4.78, 5) is 10.8. The lowest BCUT2D eigenvalue weighted by molar-refractivity contribution is -0.124. The van der Waals surface area contributed by atoms with Gasteiger partial charge in [-0.05, 0) is 30.5 Å². The number of hydrogen-bond acceptors (Lipinski definition) is 6. The lowest BCUT2D eigenvalue weighted by atomic mass is 10.0. The van der Waals surface area contributed by atoms with E-state index in [1.54, 1.807) is 37.5 Å². The Morgan fingerprint density at radius 2 is 2.00 bits per heavy atom. The third kappa shape index (κ3) is 7.95. The monoisotopic (exact) mass is 351 g/mol. The van der Waals surface area contributed by atoms with Crippen LogP contribution in [0.3, 0.4) is 0 Å². The van der Waals surface area contributed by atoms with E-state index in [0.29, 0.717) is 24.2 Å². The van der Waals surface area contributed by atoms with Crippen molar-refractivity contribution in [2.75, 3.05) is 20.3 Å². The van der Waals surface area contributed by atoms with Crippen LogP contribution in [0.25, 0.3) is 0 Å². The van der Waals surface area contributed by atoms with Crippen LogP contribution in [0.4, 0.5) is 0 Å². The molecule has 0 saturated carbocycles. The number of methoxy groups -OCH3 is 1. The highest BCUT2D eigenvalue weighted by molar-refractivity contribution is 5.86. The standard InChI is InChI=1S/C18H25NO6/c1-24-16(6-4-2-3-5-7-17(21)19-23)18(22)14-8-10-15(11-9-14)25-13-12-20/h2-3,5,7-11,16,18,20,22-23H,4,6,12-13H2,1H3,(H,19,21)/b3-2+,7-5+/t16-,18-/m0/s1. The SMILES string of the molecule is CO[C@@H](CC/C=C/C=C/C(=O)NO)[C@@H](O)c1ccc(OCCO)cc1. The first-order valence-corrected chi connectivity index (χ1v) is 7.94. The van der Waals surface area contributed by atoms with Crippen LogP contribution in [0, 0.1) is 0 Å². The predicted molar refractivity (Wildman–Crippen MR) is 92.2 cm³/mol. The van der Waals surface area contributed by atoms with E-state index in [2.05, 4.69) is 0 Å². The molecule has 0 heterocycles. The van der Waals surface area contributed by atoms with Gasteiger partial charge in [0.25, 0.3) is 5.91 Å². The average Bonchev–Trinajstić information content (AvgIpc) is 2.65. The number of nitrogens with one attached hydrogen (secondary N) is 1. The van der Waals surface area contributed by atoms with Crippen LogP contribution in [0.15, 0.2) is 48.6 Å². The quantitative estimate of drug-likeness (QED) is 0.208. The molecule has 0 radical (unpaired) electrons. The van der Waals surface area contributed by atoms with Gasteiger partial charge in [-0.15, -0.1) is 0 Å². The van der Waals surface area contributed by atoms with Crippen molar-refractivity contribution < 1.29 is 29.7 Å². The second-order valence-corrected chi connectivity index (χ2v) is 5.20. The molecule has 0 saturated heterocycles. The third-order valence-electron chi connectivity index (χ3n) is 3.46. The Kier molecular flexibility index (Phi) is 10.2. The summed E-state index contributed by atoms with van der Waals surface area (Å²) in [6.07, 6.45) is 6.32. The summed E-state index contributed by atoms with van der Waals surface area (Å²) in [6, 6.07) is 6.99. The zero-order valence-electron chi connectivity index (χ0n) is 14.2. The molecule has 2 atom stereocenters. The maximum atomic E-state index is 10.8. The van der Waals surface area contributed by atoms with Gasteiger partial charge in [-0.25, -0.2) is 5.48 Å². The highest BCUT2D eigenvalue weighted by atomic mass is 16.5. The van der Waals surface area contributed by atoms with E-state index in [1.165, 1.54) is 17.6 Å². The molecule has 0 aliphatic carbocycles. The maximum absolute atomic E-state index is 10.8. The van der Waals surface area contributed by atoms with Crippen molar-refractivity contribution in [3.63, 3.8) is 0 Å². The van der Waals surface area contributed by atoms with Crippen molar-refractivity contribution >= 4 is 5.91 Å². The third-order valence-corrected chi connectivity index (χ3v) is 3.46. The molecule has 0 aliphatic rings. The molecule has 0 fully saturated rings. The Hall–Kier alpha value is -2.19. The molecular weight excluding hydrogens is 326 g/mol. The summed E-state index contributed by atoms with van der Waals surface area (Å²) in [5.74, 6) is 0.0295. The number of aliphatic hydroxyl groups is 2. The Morgan fingerprint density at radius 1 is 1.28 bits per heavy atom. The summed E-state index contributed by atoms with van der Waals surface area (Å²) in [5.41, 5.74) is 2.21. The predicted octanol–water partition coefficient (Wildman–Crippen LogP) is 1.50. The minimum Gasteiger partial charge on any atom is -0.491 e. The first-order valence-electron chi connectivity index (χ1n) is 7.94. The minimum absolute atomic E-state index is 0.0521. The number of carbonyl (C=O) groups excluding carboxylic acids is 1. The Labute approximate surface area is 147 Å². The fourth-order valence-electron chi connectivity index (χ4n) is 2.16. The van der Waals surface area contributed by atoms with Crippen molar-refractivity contribution in [2.45, 2.75) is 25.0 Å². The lowest BCUT2D eigenvalue weighted by Gasteiger charge is -2.21. The van der Waals surface area contributed by atoms with E-state index >= 15 is 0 Å². The molecule has 0 spiro atoms. The first kappa shape index (κ1) is 20.9. The highest BCUT2D eigenvalue weighted by Crippen LogP contribution is 2.24. The number of carbonyl (C=O) groups is 1. The van der Waals surface area contributed by atoms with E-state index < -0.39 is 12.0 Å². The van der Waals surface area contributed by atoms with E-state index in [4.69, 9.17) is 19.8 Å². The van der Waals surface area contributed by atoms with Gasteiger partial charge in [-0.1, -0.05) is 30.4 Å². The number of hydroxylamine groups is 1. The first-order chi connectivity index (χ1) is 12.1. The van der Waals surface area contributed by atoms with Crippen molar-refractivity contribution in [2.24, 2.45) is 0 Å². The van der Waals surface area contributed by atoms with Gasteiger partial charge in [0.05, 0.1) is 12.7 Å². The van der Waals surface area contributed by atoms with Crippen LogP contribution in [0.5, 0.6) is 5.75 Å². The maximum Gasteiger partial charge on any atom is 0.267 e. The van der Waals surface area contributed by atoms with Crippen LogP contribution < -0.4 is 10.2 Å². The fraction of sp³-hybridized carbons (Fsp3) is 0.389. The number of benzene rings is 1. The van der Waals surface area contributed by atoms with Gasteiger partial charge in [-0.3, -0.25) is 10.0 Å². The number of aliphatic hydroxyl groups excluding tert-OH is 2. The van der Waals surface area contributed by atoms with Crippen molar-refractivity contribution in [1.29, 1.82) is 0 Å². The van der Waals surface area contributed by atoms with Crippen molar-refractivity contribution in [3.8, 4) is 5.75 Å². The normalized spacial score (nSPS) is 13.9. The number of amides is 1. The molecule has 138 valence electrons. The Balaban J connectivity index is 2.50. The summed E-state index contributed by atoms with van der Waals surface area (Å²) in [6.45, 7) is 0.173. The summed E-state index contributed by atoms with van der Waals surface area (Å²) in [7, 11) is 1.54. The van der Waals surface area contributed by atoms with Crippen LogP contribution >= 0.6 is 0 Å².